The Labute approximate surface area is 118 Å². The van der Waals surface area contributed by atoms with Crippen molar-refractivity contribution in [3.05, 3.63) is 0 Å². The predicted octanol–water partition coefficient (Wildman–Crippen LogP) is 2.41. The topological polar surface area (TPSA) is 43.7 Å². The quantitative estimate of drug-likeness (QED) is 0.746. The summed E-state index contributed by atoms with van der Waals surface area (Å²) < 4.78 is 0. The smallest absolute Gasteiger partial charge is 0.0580 e. The summed E-state index contributed by atoms with van der Waals surface area (Å²) in [4.78, 5) is 2.44. The van der Waals surface area contributed by atoms with E-state index in [2.05, 4.69) is 11.8 Å². The van der Waals surface area contributed by atoms with Gasteiger partial charge in [0.15, 0.2) is 0 Å². The monoisotopic (exact) mass is 269 g/mol. The van der Waals surface area contributed by atoms with Crippen LogP contribution in [0.3, 0.4) is 0 Å². The Balaban J connectivity index is 1.86. The van der Waals surface area contributed by atoms with Crippen molar-refractivity contribution in [2.75, 3.05) is 19.7 Å². The Hall–Kier alpha value is -0.120. The van der Waals surface area contributed by atoms with Crippen LogP contribution < -0.4 is 0 Å². The second-order valence-electron chi connectivity index (χ2n) is 6.60. The van der Waals surface area contributed by atoms with Crippen LogP contribution in [0, 0.1) is 11.8 Å². The fourth-order valence-electron chi connectivity index (χ4n) is 3.82. The molecule has 0 aromatic heterocycles. The van der Waals surface area contributed by atoms with Crippen LogP contribution in [0.4, 0.5) is 0 Å². The zero-order chi connectivity index (χ0) is 13.7. The molecule has 0 aromatic rings. The number of aliphatic hydroxyl groups is 2. The molecule has 112 valence electrons. The summed E-state index contributed by atoms with van der Waals surface area (Å²) in [6, 6.07) is 0.672. The Morgan fingerprint density at radius 1 is 1.16 bits per heavy atom. The molecule has 19 heavy (non-hydrogen) atoms. The summed E-state index contributed by atoms with van der Waals surface area (Å²) in [6.45, 7) is 4.28. The maximum Gasteiger partial charge on any atom is 0.0580 e. The first-order valence-electron chi connectivity index (χ1n) is 8.27. The summed E-state index contributed by atoms with van der Waals surface area (Å²) in [5.74, 6) is 1.24. The zero-order valence-electron chi connectivity index (χ0n) is 12.4. The molecule has 0 amide bonds. The maximum atomic E-state index is 10.3. The highest BCUT2D eigenvalue weighted by Gasteiger charge is 2.33. The SMILES string of the molecule is CCCC1CCC(O)C(CN(CCO)C2CCC2)C1. The molecule has 0 saturated heterocycles. The molecule has 3 unspecified atom stereocenters. The maximum absolute atomic E-state index is 10.3. The third-order valence-electron chi connectivity index (χ3n) is 5.20. The van der Waals surface area contributed by atoms with E-state index >= 15 is 0 Å². The van der Waals surface area contributed by atoms with Gasteiger partial charge in [-0.15, -0.1) is 0 Å². The standard InChI is InChI=1S/C16H31NO2/c1-2-4-13-7-8-16(19)14(11-13)12-17(9-10-18)15-5-3-6-15/h13-16,18-19H,2-12H2,1H3. The number of nitrogens with zero attached hydrogens (tertiary/aromatic N) is 1. The first-order chi connectivity index (χ1) is 9.24. The van der Waals surface area contributed by atoms with E-state index in [9.17, 15) is 10.2 Å². The van der Waals surface area contributed by atoms with Crippen molar-refractivity contribution in [3.63, 3.8) is 0 Å². The molecule has 0 aliphatic heterocycles. The Kier molecular flexibility index (Phi) is 6.11. The van der Waals surface area contributed by atoms with Crippen molar-refractivity contribution in [1.29, 1.82) is 0 Å². The number of rotatable bonds is 7. The zero-order valence-corrected chi connectivity index (χ0v) is 12.4. The molecule has 3 heteroatoms. The number of aliphatic hydroxyl groups excluding tert-OH is 2. The molecule has 2 N–H and O–H groups in total. The van der Waals surface area contributed by atoms with Crippen molar-refractivity contribution in [3.8, 4) is 0 Å². The summed E-state index contributed by atoms with van der Waals surface area (Å²) >= 11 is 0. The van der Waals surface area contributed by atoms with Crippen LogP contribution >= 0.6 is 0 Å². The Morgan fingerprint density at radius 3 is 2.53 bits per heavy atom. The van der Waals surface area contributed by atoms with Crippen LogP contribution in [0.25, 0.3) is 0 Å². The fraction of sp³-hybridized carbons (Fsp3) is 1.00. The largest absolute Gasteiger partial charge is 0.395 e. The van der Waals surface area contributed by atoms with E-state index in [1.165, 1.54) is 44.9 Å². The minimum Gasteiger partial charge on any atom is -0.395 e. The van der Waals surface area contributed by atoms with Crippen LogP contribution in [-0.2, 0) is 0 Å². The lowest BCUT2D eigenvalue weighted by Crippen LogP contribution is -2.47. The summed E-state index contributed by atoms with van der Waals surface area (Å²) in [7, 11) is 0. The van der Waals surface area contributed by atoms with Gasteiger partial charge in [0.05, 0.1) is 12.7 Å². The minimum atomic E-state index is -0.116. The third-order valence-corrected chi connectivity index (χ3v) is 5.20. The van der Waals surface area contributed by atoms with E-state index in [1.54, 1.807) is 0 Å². The van der Waals surface area contributed by atoms with E-state index in [0.29, 0.717) is 12.0 Å². The lowest BCUT2D eigenvalue weighted by molar-refractivity contribution is 0.00279. The van der Waals surface area contributed by atoms with Gasteiger partial charge in [-0.2, -0.15) is 0 Å². The van der Waals surface area contributed by atoms with Gasteiger partial charge in [-0.05, 0) is 43.9 Å². The van der Waals surface area contributed by atoms with Gasteiger partial charge in [0.2, 0.25) is 0 Å². The molecule has 0 radical (unpaired) electrons. The van der Waals surface area contributed by atoms with Crippen LogP contribution in [0.15, 0.2) is 0 Å². The summed E-state index contributed by atoms with van der Waals surface area (Å²) in [5, 5.41) is 19.5. The van der Waals surface area contributed by atoms with Gasteiger partial charge in [-0.1, -0.05) is 26.2 Å². The second kappa shape index (κ2) is 7.61. The minimum absolute atomic E-state index is 0.116. The van der Waals surface area contributed by atoms with Gasteiger partial charge in [-0.3, -0.25) is 4.90 Å². The average Bonchev–Trinajstić information content (AvgIpc) is 2.32. The van der Waals surface area contributed by atoms with Crippen LogP contribution in [0.2, 0.25) is 0 Å². The molecule has 2 aliphatic rings. The van der Waals surface area contributed by atoms with Crippen molar-refractivity contribution in [2.45, 2.75) is 70.4 Å². The van der Waals surface area contributed by atoms with E-state index < -0.39 is 0 Å². The second-order valence-corrected chi connectivity index (χ2v) is 6.60. The van der Waals surface area contributed by atoms with Gasteiger partial charge in [0.25, 0.3) is 0 Å². The fourth-order valence-corrected chi connectivity index (χ4v) is 3.82. The van der Waals surface area contributed by atoms with Gasteiger partial charge in [0.1, 0.15) is 0 Å². The number of hydrogen-bond donors (Lipinski definition) is 2. The molecular formula is C16H31NO2. The molecule has 0 aromatic carbocycles. The normalized spacial score (nSPS) is 32.5. The first kappa shape index (κ1) is 15.3. The number of hydrogen-bond acceptors (Lipinski definition) is 3. The highest BCUT2D eigenvalue weighted by Crippen LogP contribution is 2.34. The Morgan fingerprint density at radius 2 is 1.95 bits per heavy atom. The average molecular weight is 269 g/mol. The van der Waals surface area contributed by atoms with Gasteiger partial charge in [0, 0.05) is 19.1 Å². The molecule has 2 fully saturated rings. The van der Waals surface area contributed by atoms with Crippen molar-refractivity contribution < 1.29 is 10.2 Å². The lowest BCUT2D eigenvalue weighted by Gasteiger charge is -2.42. The van der Waals surface area contributed by atoms with Gasteiger partial charge in [-0.25, -0.2) is 0 Å². The van der Waals surface area contributed by atoms with Crippen LogP contribution in [0.5, 0.6) is 0 Å². The first-order valence-corrected chi connectivity index (χ1v) is 8.27. The molecule has 2 rings (SSSR count). The third kappa shape index (κ3) is 4.17. The van der Waals surface area contributed by atoms with Crippen molar-refractivity contribution in [2.24, 2.45) is 11.8 Å². The van der Waals surface area contributed by atoms with Gasteiger partial charge < -0.3 is 10.2 Å². The lowest BCUT2D eigenvalue weighted by atomic mass is 9.77. The summed E-state index contributed by atoms with van der Waals surface area (Å²) in [5.41, 5.74) is 0. The van der Waals surface area contributed by atoms with Crippen molar-refractivity contribution in [1.82, 2.24) is 4.90 Å². The van der Waals surface area contributed by atoms with E-state index in [-0.39, 0.29) is 12.7 Å². The molecule has 0 heterocycles. The molecule has 0 bridgehead atoms. The van der Waals surface area contributed by atoms with E-state index in [0.717, 1.165) is 25.4 Å². The van der Waals surface area contributed by atoms with Crippen LogP contribution in [-0.4, -0.2) is 47.0 Å². The Bertz CT molecular complexity index is 255. The highest BCUT2D eigenvalue weighted by atomic mass is 16.3. The van der Waals surface area contributed by atoms with Crippen molar-refractivity contribution >= 4 is 0 Å². The molecular weight excluding hydrogens is 238 g/mol. The molecule has 2 aliphatic carbocycles. The molecule has 3 atom stereocenters. The van der Waals surface area contributed by atoms with E-state index in [1.807, 2.05) is 0 Å². The molecule has 2 saturated carbocycles. The molecule has 0 spiro atoms. The van der Waals surface area contributed by atoms with Crippen LogP contribution in [0.1, 0.15) is 58.3 Å². The highest BCUT2D eigenvalue weighted by molar-refractivity contribution is 4.86. The summed E-state index contributed by atoms with van der Waals surface area (Å²) in [6.07, 6.45) is 9.71. The van der Waals surface area contributed by atoms with Gasteiger partial charge >= 0.3 is 0 Å². The van der Waals surface area contributed by atoms with E-state index in [4.69, 9.17) is 0 Å². The predicted molar refractivity (Wildman–Crippen MR) is 78.0 cm³/mol. The molecule has 3 nitrogen and oxygen atoms in total.